The molecule has 22 heavy (non-hydrogen) atoms. The number of nitrogens with zero attached hydrogens (tertiary/aromatic N) is 4. The summed E-state index contributed by atoms with van der Waals surface area (Å²) >= 11 is 0. The average Bonchev–Trinajstić information content (AvgIpc) is 2.76. The average molecular weight is 316 g/mol. The molecule has 0 aromatic heterocycles. The van der Waals surface area contributed by atoms with Crippen molar-refractivity contribution in [3.63, 3.8) is 0 Å². The molecule has 4 nitrogen and oxygen atoms in total. The van der Waals surface area contributed by atoms with E-state index in [4.69, 9.17) is 0 Å². The van der Waals surface area contributed by atoms with Gasteiger partial charge >= 0.3 is 0 Å². The molecule has 0 spiro atoms. The smallest absolute Gasteiger partial charge is 0.128 e. The Hall–Kier alpha value is -0.300. The fraction of sp³-hybridized carbons (Fsp3) is 1.00. The highest BCUT2D eigenvalue weighted by molar-refractivity contribution is 5.03. The Morgan fingerprint density at radius 2 is 1.59 bits per heavy atom. The monoisotopic (exact) mass is 316 g/mol. The van der Waals surface area contributed by atoms with Gasteiger partial charge in [0.2, 0.25) is 0 Å². The van der Waals surface area contributed by atoms with Crippen molar-refractivity contribution in [3.05, 3.63) is 0 Å². The van der Waals surface area contributed by atoms with E-state index in [1.807, 2.05) is 26.0 Å². The van der Waals surface area contributed by atoms with E-state index in [1.54, 1.807) is 0 Å². The first-order valence-corrected chi connectivity index (χ1v) is 8.44. The van der Waals surface area contributed by atoms with Gasteiger partial charge in [-0.2, -0.15) is 0 Å². The summed E-state index contributed by atoms with van der Waals surface area (Å²) in [5.74, 6) is 0.484. The van der Waals surface area contributed by atoms with E-state index in [9.17, 15) is 8.78 Å². The lowest BCUT2D eigenvalue weighted by molar-refractivity contribution is -0.0262. The van der Waals surface area contributed by atoms with Gasteiger partial charge in [-0.25, -0.2) is 8.78 Å². The van der Waals surface area contributed by atoms with Crippen molar-refractivity contribution in [2.24, 2.45) is 5.92 Å². The molecule has 3 aliphatic heterocycles. The Morgan fingerprint density at radius 3 is 2.18 bits per heavy atom. The van der Waals surface area contributed by atoms with Crippen molar-refractivity contribution in [3.8, 4) is 0 Å². The van der Waals surface area contributed by atoms with Crippen LogP contribution in [0.25, 0.3) is 0 Å². The first-order valence-electron chi connectivity index (χ1n) is 8.44. The van der Waals surface area contributed by atoms with Crippen molar-refractivity contribution in [1.82, 2.24) is 19.6 Å². The van der Waals surface area contributed by atoms with Crippen LogP contribution < -0.4 is 0 Å². The minimum Gasteiger partial charge on any atom is -0.304 e. The molecule has 0 N–H and O–H groups in total. The van der Waals surface area contributed by atoms with Gasteiger partial charge in [-0.1, -0.05) is 0 Å². The molecular weight excluding hydrogens is 286 g/mol. The number of halogens is 2. The summed E-state index contributed by atoms with van der Waals surface area (Å²) in [5.41, 5.74) is 0. The van der Waals surface area contributed by atoms with E-state index in [0.717, 1.165) is 19.5 Å². The van der Waals surface area contributed by atoms with E-state index < -0.39 is 12.3 Å². The van der Waals surface area contributed by atoms with Crippen LogP contribution in [-0.4, -0.2) is 111 Å². The summed E-state index contributed by atoms with van der Waals surface area (Å²) in [6.45, 7) is 3.70. The Balaban J connectivity index is 1.72. The molecule has 0 amide bonds. The first kappa shape index (κ1) is 16.6. The number of piperidine rings is 1. The third kappa shape index (κ3) is 3.03. The second-order valence-corrected chi connectivity index (χ2v) is 7.79. The number of hydrogen-bond acceptors (Lipinski definition) is 4. The van der Waals surface area contributed by atoms with Crippen LogP contribution >= 0.6 is 0 Å². The molecule has 3 fully saturated rings. The standard InChI is InChI=1S/C16H30F2N4/c1-19(2)15-5-14(21(4)9-13(15)18)12-8-20(3)10-16(12)22-6-11(17)7-22/h11-16H,5-10H2,1-4H3. The molecule has 5 atom stereocenters. The number of likely N-dealkylation sites (tertiary alicyclic amines) is 3. The van der Waals surface area contributed by atoms with E-state index in [0.29, 0.717) is 37.6 Å². The zero-order valence-electron chi connectivity index (χ0n) is 14.3. The van der Waals surface area contributed by atoms with Crippen molar-refractivity contribution in [2.45, 2.75) is 36.9 Å². The van der Waals surface area contributed by atoms with E-state index in [2.05, 4.69) is 21.7 Å². The molecular formula is C16H30F2N4. The molecule has 6 heteroatoms. The summed E-state index contributed by atoms with van der Waals surface area (Å²) in [6.07, 6.45) is -0.569. The maximum absolute atomic E-state index is 14.3. The third-order valence-corrected chi connectivity index (χ3v) is 5.94. The minimum absolute atomic E-state index is 0.00179. The fourth-order valence-corrected chi connectivity index (χ4v) is 4.64. The van der Waals surface area contributed by atoms with E-state index in [-0.39, 0.29) is 6.04 Å². The zero-order valence-corrected chi connectivity index (χ0v) is 14.3. The number of rotatable bonds is 3. The van der Waals surface area contributed by atoms with Gasteiger partial charge in [-0.15, -0.1) is 0 Å². The number of hydrogen-bond donors (Lipinski definition) is 0. The maximum atomic E-state index is 14.3. The number of likely N-dealkylation sites (N-methyl/N-ethyl adjacent to an activating group) is 1. The van der Waals surface area contributed by atoms with Gasteiger partial charge in [0.15, 0.2) is 0 Å². The van der Waals surface area contributed by atoms with Crippen LogP contribution in [0.4, 0.5) is 8.78 Å². The molecule has 3 saturated heterocycles. The quantitative estimate of drug-likeness (QED) is 0.753. The summed E-state index contributed by atoms with van der Waals surface area (Å²) in [4.78, 5) is 8.87. The maximum Gasteiger partial charge on any atom is 0.128 e. The van der Waals surface area contributed by atoms with Gasteiger partial charge in [0.25, 0.3) is 0 Å². The minimum atomic E-state index is -0.784. The molecule has 0 aliphatic carbocycles. The molecule has 3 aliphatic rings. The van der Waals surface area contributed by atoms with E-state index >= 15 is 0 Å². The summed E-state index contributed by atoms with van der Waals surface area (Å²) in [5, 5.41) is 0. The second-order valence-electron chi connectivity index (χ2n) is 7.79. The van der Waals surface area contributed by atoms with E-state index in [1.165, 1.54) is 0 Å². The molecule has 0 saturated carbocycles. The molecule has 3 rings (SSSR count). The lowest BCUT2D eigenvalue weighted by Gasteiger charge is -2.48. The Kier molecular flexibility index (Phi) is 4.74. The lowest BCUT2D eigenvalue weighted by atomic mass is 9.83. The van der Waals surface area contributed by atoms with Gasteiger partial charge in [-0.3, -0.25) is 4.90 Å². The van der Waals surface area contributed by atoms with Crippen LogP contribution in [0, 0.1) is 5.92 Å². The van der Waals surface area contributed by atoms with Crippen molar-refractivity contribution >= 4 is 0 Å². The molecule has 0 radical (unpaired) electrons. The third-order valence-electron chi connectivity index (χ3n) is 5.94. The Labute approximate surface area is 133 Å². The van der Waals surface area contributed by atoms with Gasteiger partial charge in [0.1, 0.15) is 12.3 Å². The highest BCUT2D eigenvalue weighted by atomic mass is 19.1. The van der Waals surface area contributed by atoms with Crippen LogP contribution in [0.2, 0.25) is 0 Å². The van der Waals surface area contributed by atoms with Crippen molar-refractivity contribution in [1.29, 1.82) is 0 Å². The van der Waals surface area contributed by atoms with Gasteiger partial charge < -0.3 is 14.7 Å². The summed E-state index contributed by atoms with van der Waals surface area (Å²) < 4.78 is 27.6. The summed E-state index contributed by atoms with van der Waals surface area (Å²) in [6, 6.07) is 0.800. The largest absolute Gasteiger partial charge is 0.304 e. The van der Waals surface area contributed by atoms with Crippen LogP contribution in [0.1, 0.15) is 6.42 Å². The van der Waals surface area contributed by atoms with Crippen molar-refractivity contribution < 1.29 is 8.78 Å². The normalized spacial score (nSPS) is 43.0. The lowest BCUT2D eigenvalue weighted by Crippen LogP contribution is -2.61. The van der Waals surface area contributed by atoms with Crippen LogP contribution in [-0.2, 0) is 0 Å². The Bertz CT molecular complexity index is 388. The van der Waals surface area contributed by atoms with Gasteiger partial charge in [-0.05, 0) is 34.6 Å². The van der Waals surface area contributed by atoms with Crippen LogP contribution in [0.15, 0.2) is 0 Å². The molecule has 0 aromatic rings. The zero-order chi connectivity index (χ0) is 16.0. The van der Waals surface area contributed by atoms with Crippen LogP contribution in [0.5, 0.6) is 0 Å². The predicted octanol–water partition coefficient (Wildman–Crippen LogP) is 0.543. The fourth-order valence-electron chi connectivity index (χ4n) is 4.64. The van der Waals surface area contributed by atoms with Crippen LogP contribution in [0.3, 0.4) is 0 Å². The SMILES string of the molecule is CN1CC(C2CC(N(C)C)C(F)CN2C)C(N2CC(F)C2)C1. The first-order chi connectivity index (χ1) is 10.4. The van der Waals surface area contributed by atoms with Crippen molar-refractivity contribution in [2.75, 3.05) is 60.9 Å². The molecule has 0 aromatic carbocycles. The molecule has 5 unspecified atom stereocenters. The second kappa shape index (κ2) is 6.30. The summed E-state index contributed by atoms with van der Waals surface area (Å²) in [7, 11) is 8.14. The Morgan fingerprint density at radius 1 is 0.909 bits per heavy atom. The molecule has 128 valence electrons. The molecule has 0 bridgehead atoms. The highest BCUT2D eigenvalue weighted by Gasteiger charge is 2.47. The molecule has 3 heterocycles. The topological polar surface area (TPSA) is 13.0 Å². The number of alkyl halides is 2. The highest BCUT2D eigenvalue weighted by Crippen LogP contribution is 2.35. The predicted molar refractivity (Wildman–Crippen MR) is 84.7 cm³/mol. The van der Waals surface area contributed by atoms with Gasteiger partial charge in [0.05, 0.1) is 0 Å². The van der Waals surface area contributed by atoms with Gasteiger partial charge in [0, 0.05) is 56.8 Å².